The third kappa shape index (κ3) is 2.69. The Kier molecular flexibility index (Phi) is 3.26. The first kappa shape index (κ1) is 10.9. The van der Waals surface area contributed by atoms with E-state index in [0.717, 1.165) is 32.5 Å². The number of carbonyl (C=O) groups is 1. The van der Waals surface area contributed by atoms with Gasteiger partial charge < -0.3 is 15.3 Å². The van der Waals surface area contributed by atoms with Crippen LogP contribution in [0.15, 0.2) is 0 Å². The Morgan fingerprint density at radius 1 is 1.33 bits per heavy atom. The molecule has 2 aliphatic heterocycles. The van der Waals surface area contributed by atoms with Gasteiger partial charge in [0.1, 0.15) is 0 Å². The van der Waals surface area contributed by atoms with Crippen molar-refractivity contribution in [3.63, 3.8) is 0 Å². The lowest BCUT2D eigenvalue weighted by Gasteiger charge is -2.30. The van der Waals surface area contributed by atoms with Gasteiger partial charge in [0.15, 0.2) is 0 Å². The zero-order valence-electron chi connectivity index (χ0n) is 9.17. The summed E-state index contributed by atoms with van der Waals surface area (Å²) in [7, 11) is 0. The van der Waals surface area contributed by atoms with E-state index >= 15 is 0 Å². The number of hydrogen-bond acceptors (Lipinski definition) is 3. The number of rotatable bonds is 2. The summed E-state index contributed by atoms with van der Waals surface area (Å²) in [6.45, 7) is 3.14. The zero-order valence-corrected chi connectivity index (χ0v) is 9.17. The van der Waals surface area contributed by atoms with Gasteiger partial charge in [0.05, 0.1) is 12.0 Å². The van der Waals surface area contributed by atoms with Crippen LogP contribution in [-0.4, -0.2) is 47.7 Å². The maximum absolute atomic E-state index is 11.9. The molecule has 1 unspecified atom stereocenters. The third-order valence-electron chi connectivity index (χ3n) is 3.41. The minimum Gasteiger partial charge on any atom is -0.388 e. The lowest BCUT2D eigenvalue weighted by Crippen LogP contribution is -2.42. The van der Waals surface area contributed by atoms with Crippen molar-refractivity contribution in [2.45, 2.75) is 37.7 Å². The molecular weight excluding hydrogens is 192 g/mol. The van der Waals surface area contributed by atoms with Crippen LogP contribution in [0.4, 0.5) is 0 Å². The molecule has 86 valence electrons. The summed E-state index contributed by atoms with van der Waals surface area (Å²) in [5, 5.41) is 13.2. The van der Waals surface area contributed by atoms with Gasteiger partial charge in [0.2, 0.25) is 5.91 Å². The van der Waals surface area contributed by atoms with Crippen LogP contribution in [0.3, 0.4) is 0 Å². The fourth-order valence-electron chi connectivity index (χ4n) is 2.42. The molecule has 4 heteroatoms. The Morgan fingerprint density at radius 2 is 2.07 bits per heavy atom. The summed E-state index contributed by atoms with van der Waals surface area (Å²) in [6, 6.07) is 0. The van der Waals surface area contributed by atoms with E-state index in [1.807, 2.05) is 4.90 Å². The highest BCUT2D eigenvalue weighted by atomic mass is 16.3. The monoisotopic (exact) mass is 212 g/mol. The molecule has 2 rings (SSSR count). The van der Waals surface area contributed by atoms with E-state index in [1.54, 1.807) is 0 Å². The molecular formula is C11H20N2O2. The molecule has 4 nitrogen and oxygen atoms in total. The Hall–Kier alpha value is -0.610. The molecule has 0 bridgehead atoms. The topological polar surface area (TPSA) is 52.6 Å². The second-order valence-corrected chi connectivity index (χ2v) is 4.77. The first-order valence-corrected chi connectivity index (χ1v) is 5.91. The molecule has 2 heterocycles. The lowest BCUT2D eigenvalue weighted by atomic mass is 9.97. The highest BCUT2D eigenvalue weighted by molar-refractivity contribution is 5.77. The fourth-order valence-corrected chi connectivity index (χ4v) is 2.42. The maximum atomic E-state index is 11.9. The van der Waals surface area contributed by atoms with Crippen molar-refractivity contribution in [1.29, 1.82) is 0 Å². The molecule has 0 saturated carbocycles. The van der Waals surface area contributed by atoms with Crippen molar-refractivity contribution in [1.82, 2.24) is 10.2 Å². The largest absolute Gasteiger partial charge is 0.388 e. The number of carbonyl (C=O) groups excluding carboxylic acids is 1. The smallest absolute Gasteiger partial charge is 0.225 e. The van der Waals surface area contributed by atoms with Gasteiger partial charge in [-0.05, 0) is 32.2 Å². The van der Waals surface area contributed by atoms with E-state index in [4.69, 9.17) is 0 Å². The molecule has 0 radical (unpaired) electrons. The standard InChI is InChI=1S/C11H20N2O2/c14-10(13-6-2-1-3-7-13)8-11(15)4-5-12-9-11/h12,15H,1-9H2. The minimum atomic E-state index is -0.783. The number of nitrogens with one attached hydrogen (secondary N) is 1. The molecule has 0 aromatic heterocycles. The second kappa shape index (κ2) is 4.49. The van der Waals surface area contributed by atoms with Gasteiger partial charge >= 0.3 is 0 Å². The van der Waals surface area contributed by atoms with Gasteiger partial charge in [0, 0.05) is 19.6 Å². The Bertz CT molecular complexity index is 231. The lowest BCUT2D eigenvalue weighted by molar-refractivity contribution is -0.136. The van der Waals surface area contributed by atoms with E-state index in [0.29, 0.717) is 19.4 Å². The van der Waals surface area contributed by atoms with Crippen molar-refractivity contribution in [3.8, 4) is 0 Å². The summed E-state index contributed by atoms with van der Waals surface area (Å²) in [5.74, 6) is 0.126. The SMILES string of the molecule is O=C(CC1(O)CCNC1)N1CCCCC1. The predicted molar refractivity (Wildman–Crippen MR) is 57.5 cm³/mol. The molecule has 2 N–H and O–H groups in total. The van der Waals surface area contributed by atoms with E-state index in [-0.39, 0.29) is 5.91 Å². The summed E-state index contributed by atoms with van der Waals surface area (Å²) in [4.78, 5) is 13.8. The first-order chi connectivity index (χ1) is 7.20. The van der Waals surface area contributed by atoms with Crippen LogP contribution in [0.25, 0.3) is 0 Å². The summed E-state index contributed by atoms with van der Waals surface area (Å²) < 4.78 is 0. The number of likely N-dealkylation sites (tertiary alicyclic amines) is 1. The van der Waals surface area contributed by atoms with Crippen LogP contribution < -0.4 is 5.32 Å². The normalized spacial score (nSPS) is 31.9. The quantitative estimate of drug-likeness (QED) is 0.683. The maximum Gasteiger partial charge on any atom is 0.225 e. The van der Waals surface area contributed by atoms with Gasteiger partial charge in [-0.1, -0.05) is 0 Å². The Balaban J connectivity index is 1.85. The van der Waals surface area contributed by atoms with E-state index < -0.39 is 5.60 Å². The number of β-amino-alcohol motifs (C(OH)–C–C–N with tert-alkyl or cyclic N) is 1. The molecule has 2 fully saturated rings. The van der Waals surface area contributed by atoms with Crippen molar-refractivity contribution < 1.29 is 9.90 Å². The number of amides is 1. The van der Waals surface area contributed by atoms with Crippen LogP contribution in [0.5, 0.6) is 0 Å². The number of piperidine rings is 1. The van der Waals surface area contributed by atoms with Gasteiger partial charge in [-0.15, -0.1) is 0 Å². The van der Waals surface area contributed by atoms with Gasteiger partial charge in [-0.25, -0.2) is 0 Å². The molecule has 1 atom stereocenters. The summed E-state index contributed by atoms with van der Waals surface area (Å²) >= 11 is 0. The molecule has 1 amide bonds. The number of hydrogen-bond donors (Lipinski definition) is 2. The van der Waals surface area contributed by atoms with Crippen molar-refractivity contribution in [2.75, 3.05) is 26.2 Å². The van der Waals surface area contributed by atoms with E-state index in [9.17, 15) is 9.90 Å². The molecule has 0 aromatic rings. The first-order valence-electron chi connectivity index (χ1n) is 5.91. The minimum absolute atomic E-state index is 0.126. The van der Waals surface area contributed by atoms with E-state index in [2.05, 4.69) is 5.32 Å². The molecule has 2 saturated heterocycles. The van der Waals surface area contributed by atoms with Crippen LogP contribution in [0.1, 0.15) is 32.1 Å². The number of aliphatic hydroxyl groups is 1. The Morgan fingerprint density at radius 3 is 2.67 bits per heavy atom. The van der Waals surface area contributed by atoms with Crippen molar-refractivity contribution in [3.05, 3.63) is 0 Å². The molecule has 0 aliphatic carbocycles. The number of nitrogens with zero attached hydrogens (tertiary/aromatic N) is 1. The van der Waals surface area contributed by atoms with Crippen molar-refractivity contribution >= 4 is 5.91 Å². The Labute approximate surface area is 90.6 Å². The van der Waals surface area contributed by atoms with E-state index in [1.165, 1.54) is 6.42 Å². The zero-order chi connectivity index (χ0) is 10.7. The van der Waals surface area contributed by atoms with Crippen LogP contribution in [-0.2, 0) is 4.79 Å². The molecule has 0 spiro atoms. The van der Waals surface area contributed by atoms with Gasteiger partial charge in [0.25, 0.3) is 0 Å². The molecule has 15 heavy (non-hydrogen) atoms. The fraction of sp³-hybridized carbons (Fsp3) is 0.909. The summed E-state index contributed by atoms with van der Waals surface area (Å²) in [6.07, 6.45) is 4.45. The predicted octanol–water partition coefficient (Wildman–Crippen LogP) is 0.113. The molecule has 2 aliphatic rings. The van der Waals surface area contributed by atoms with Crippen LogP contribution >= 0.6 is 0 Å². The molecule has 0 aromatic carbocycles. The average molecular weight is 212 g/mol. The third-order valence-corrected chi connectivity index (χ3v) is 3.41. The highest BCUT2D eigenvalue weighted by Gasteiger charge is 2.35. The highest BCUT2D eigenvalue weighted by Crippen LogP contribution is 2.21. The summed E-state index contributed by atoms with van der Waals surface area (Å²) in [5.41, 5.74) is -0.783. The second-order valence-electron chi connectivity index (χ2n) is 4.77. The van der Waals surface area contributed by atoms with Gasteiger partial charge in [-0.3, -0.25) is 4.79 Å². The van der Waals surface area contributed by atoms with Crippen LogP contribution in [0.2, 0.25) is 0 Å². The van der Waals surface area contributed by atoms with Gasteiger partial charge in [-0.2, -0.15) is 0 Å². The average Bonchev–Trinajstić information content (AvgIpc) is 2.66. The van der Waals surface area contributed by atoms with Crippen molar-refractivity contribution in [2.24, 2.45) is 0 Å². The van der Waals surface area contributed by atoms with Crippen LogP contribution in [0, 0.1) is 0 Å².